The van der Waals surface area contributed by atoms with E-state index in [1.54, 1.807) is 19.1 Å². The Kier molecular flexibility index (Phi) is 5.58. The molecule has 1 aliphatic carbocycles. The average Bonchev–Trinajstić information content (AvgIpc) is 3.36. The van der Waals surface area contributed by atoms with Crippen molar-refractivity contribution in [2.45, 2.75) is 53.0 Å². The molecule has 0 unspecified atom stereocenters. The summed E-state index contributed by atoms with van der Waals surface area (Å²) in [4.78, 5) is 29.0. The maximum absolute atomic E-state index is 12.6. The summed E-state index contributed by atoms with van der Waals surface area (Å²) in [7, 11) is 0. The van der Waals surface area contributed by atoms with E-state index in [4.69, 9.17) is 4.52 Å². The van der Waals surface area contributed by atoms with Crippen molar-refractivity contribution in [3.63, 3.8) is 0 Å². The van der Waals surface area contributed by atoms with Crippen LogP contribution in [0.1, 0.15) is 67.3 Å². The van der Waals surface area contributed by atoms with Gasteiger partial charge in [0.25, 0.3) is 5.91 Å². The average molecular weight is 370 g/mol. The van der Waals surface area contributed by atoms with Crippen LogP contribution >= 0.6 is 0 Å². The van der Waals surface area contributed by atoms with Crippen LogP contribution in [0.15, 0.2) is 22.7 Å². The van der Waals surface area contributed by atoms with Crippen LogP contribution in [0.25, 0.3) is 0 Å². The fourth-order valence-electron chi connectivity index (χ4n) is 2.71. The molecule has 0 saturated heterocycles. The number of rotatable bonds is 7. The number of hydrogen-bond donors (Lipinski definition) is 2. The Hall–Kier alpha value is -2.70. The third-order valence-electron chi connectivity index (χ3n) is 4.50. The van der Waals surface area contributed by atoms with Crippen LogP contribution in [0.4, 0.5) is 5.69 Å². The number of nitrogens with one attached hydrogen (secondary N) is 2. The van der Waals surface area contributed by atoms with Crippen LogP contribution < -0.4 is 10.6 Å². The second-order valence-corrected chi connectivity index (χ2v) is 7.64. The summed E-state index contributed by atoms with van der Waals surface area (Å²) < 4.78 is 5.26. The zero-order valence-corrected chi connectivity index (χ0v) is 16.2. The maximum atomic E-state index is 12.6. The number of amides is 2. The summed E-state index contributed by atoms with van der Waals surface area (Å²) in [6, 6.07) is 4.87. The Balaban J connectivity index is 1.66. The Morgan fingerprint density at radius 2 is 2.00 bits per heavy atom. The highest BCUT2D eigenvalue weighted by atomic mass is 16.5. The summed E-state index contributed by atoms with van der Waals surface area (Å²) in [6.45, 7) is 7.87. The van der Waals surface area contributed by atoms with Gasteiger partial charge in [0.05, 0.1) is 0 Å². The molecule has 3 rings (SSSR count). The predicted octanol–water partition coefficient (Wildman–Crippen LogP) is 3.42. The van der Waals surface area contributed by atoms with Crippen LogP contribution in [0, 0.1) is 18.8 Å². The largest absolute Gasteiger partial charge is 0.341 e. The first-order valence-electron chi connectivity index (χ1n) is 9.38. The second kappa shape index (κ2) is 7.90. The van der Waals surface area contributed by atoms with E-state index in [9.17, 15) is 9.59 Å². The normalized spacial score (nSPS) is 14.9. The minimum absolute atomic E-state index is 0.0209. The first kappa shape index (κ1) is 19.1. The van der Waals surface area contributed by atoms with Gasteiger partial charge >= 0.3 is 0 Å². The summed E-state index contributed by atoms with van der Waals surface area (Å²) >= 11 is 0. The van der Waals surface area contributed by atoms with Gasteiger partial charge in [0.1, 0.15) is 6.04 Å². The number of hydrogen-bond acceptors (Lipinski definition) is 5. The summed E-state index contributed by atoms with van der Waals surface area (Å²) in [5.41, 5.74) is 2.06. The first-order chi connectivity index (χ1) is 12.8. The Bertz CT molecular complexity index is 840. The molecule has 1 aromatic carbocycles. The first-order valence-corrected chi connectivity index (χ1v) is 9.38. The highest BCUT2D eigenvalue weighted by Gasteiger charge is 2.30. The second-order valence-electron chi connectivity index (χ2n) is 7.64. The predicted molar refractivity (Wildman–Crippen MR) is 101 cm³/mol. The van der Waals surface area contributed by atoms with Gasteiger partial charge < -0.3 is 15.2 Å². The number of aromatic nitrogens is 2. The van der Waals surface area contributed by atoms with Crippen LogP contribution in [-0.4, -0.2) is 22.0 Å². The molecule has 0 bridgehead atoms. The molecular formula is C20H26N4O3. The van der Waals surface area contributed by atoms with E-state index in [0.717, 1.165) is 24.8 Å². The summed E-state index contributed by atoms with van der Waals surface area (Å²) in [6.07, 6.45) is 2.60. The van der Waals surface area contributed by atoms with Gasteiger partial charge in [-0.3, -0.25) is 9.59 Å². The lowest BCUT2D eigenvalue weighted by molar-refractivity contribution is -0.117. The van der Waals surface area contributed by atoms with Crippen molar-refractivity contribution in [2.24, 2.45) is 11.8 Å². The molecule has 1 fully saturated rings. The highest BCUT2D eigenvalue weighted by Crippen LogP contribution is 2.31. The molecule has 1 aromatic heterocycles. The topological polar surface area (TPSA) is 97.1 Å². The Labute approximate surface area is 158 Å². The summed E-state index contributed by atoms with van der Waals surface area (Å²) in [5, 5.41) is 9.73. The molecule has 1 saturated carbocycles. The smallest absolute Gasteiger partial charge is 0.251 e. The fraction of sp³-hybridized carbons (Fsp3) is 0.500. The molecule has 0 radical (unpaired) electrons. The third-order valence-corrected chi connectivity index (χ3v) is 4.50. The van der Waals surface area contributed by atoms with E-state index in [-0.39, 0.29) is 17.7 Å². The molecule has 0 spiro atoms. The van der Waals surface area contributed by atoms with Gasteiger partial charge in [0, 0.05) is 23.6 Å². The molecule has 2 amide bonds. The van der Waals surface area contributed by atoms with Crippen LogP contribution in [0.3, 0.4) is 0 Å². The van der Waals surface area contributed by atoms with Gasteiger partial charge in [-0.15, -0.1) is 0 Å². The van der Waals surface area contributed by atoms with Crippen molar-refractivity contribution in [1.82, 2.24) is 15.5 Å². The lowest BCUT2D eigenvalue weighted by atomic mass is 10.1. The van der Waals surface area contributed by atoms with E-state index in [1.807, 2.05) is 13.0 Å². The Morgan fingerprint density at radius 3 is 2.67 bits per heavy atom. The van der Waals surface area contributed by atoms with Crippen LogP contribution in [0.2, 0.25) is 0 Å². The van der Waals surface area contributed by atoms with Crippen molar-refractivity contribution in [3.05, 3.63) is 41.0 Å². The minimum atomic E-state index is -0.406. The van der Waals surface area contributed by atoms with E-state index in [2.05, 4.69) is 34.6 Å². The van der Waals surface area contributed by atoms with Gasteiger partial charge in [-0.25, -0.2) is 0 Å². The maximum Gasteiger partial charge on any atom is 0.251 e. The van der Waals surface area contributed by atoms with Gasteiger partial charge in [0.2, 0.25) is 11.8 Å². The number of anilines is 1. The van der Waals surface area contributed by atoms with Crippen molar-refractivity contribution >= 4 is 17.5 Å². The molecular weight excluding hydrogens is 344 g/mol. The SMILES string of the molecule is Cc1ccc(C(=O)N[C@H](C)c2nc(CC(C)C)no2)cc1NC(=O)C1CC1. The molecule has 7 nitrogen and oxygen atoms in total. The van der Waals surface area contributed by atoms with E-state index >= 15 is 0 Å². The lowest BCUT2D eigenvalue weighted by Gasteiger charge is -2.13. The zero-order chi connectivity index (χ0) is 19.6. The zero-order valence-electron chi connectivity index (χ0n) is 16.2. The van der Waals surface area contributed by atoms with E-state index in [1.165, 1.54) is 0 Å². The number of aryl methyl sites for hydroxylation is 1. The fourth-order valence-corrected chi connectivity index (χ4v) is 2.71. The number of nitrogens with zero attached hydrogens (tertiary/aromatic N) is 2. The van der Waals surface area contributed by atoms with Crippen molar-refractivity contribution in [1.29, 1.82) is 0 Å². The molecule has 2 aromatic rings. The molecule has 1 heterocycles. The number of benzene rings is 1. The molecule has 1 atom stereocenters. The van der Waals surface area contributed by atoms with Crippen LogP contribution in [0.5, 0.6) is 0 Å². The minimum Gasteiger partial charge on any atom is -0.341 e. The molecule has 27 heavy (non-hydrogen) atoms. The number of carbonyl (C=O) groups excluding carboxylic acids is 2. The van der Waals surface area contributed by atoms with Gasteiger partial charge in [-0.2, -0.15) is 4.98 Å². The van der Waals surface area contributed by atoms with Crippen LogP contribution in [-0.2, 0) is 11.2 Å². The monoisotopic (exact) mass is 370 g/mol. The Morgan fingerprint density at radius 1 is 1.26 bits per heavy atom. The van der Waals surface area contributed by atoms with E-state index < -0.39 is 6.04 Å². The van der Waals surface area contributed by atoms with Gasteiger partial charge in [-0.1, -0.05) is 25.1 Å². The molecule has 144 valence electrons. The van der Waals surface area contributed by atoms with Crippen molar-refractivity contribution in [2.75, 3.05) is 5.32 Å². The number of carbonyl (C=O) groups is 2. The van der Waals surface area contributed by atoms with Gasteiger partial charge in [-0.05, 0) is 50.3 Å². The lowest BCUT2D eigenvalue weighted by Crippen LogP contribution is -2.27. The molecule has 7 heteroatoms. The highest BCUT2D eigenvalue weighted by molar-refractivity contribution is 5.98. The van der Waals surface area contributed by atoms with Crippen molar-refractivity contribution < 1.29 is 14.1 Å². The van der Waals surface area contributed by atoms with Crippen molar-refractivity contribution in [3.8, 4) is 0 Å². The quantitative estimate of drug-likeness (QED) is 0.778. The summed E-state index contributed by atoms with van der Waals surface area (Å²) in [5.74, 6) is 1.33. The standard InChI is InChI=1S/C20H26N4O3/c1-11(2)9-17-23-20(27-24-17)13(4)21-19(26)15-6-5-12(3)16(10-15)22-18(25)14-7-8-14/h5-6,10-11,13-14H,7-9H2,1-4H3,(H,21,26)(H,22,25)/t13-/m1/s1. The molecule has 2 N–H and O–H groups in total. The van der Waals surface area contributed by atoms with E-state index in [0.29, 0.717) is 28.9 Å². The molecule has 0 aliphatic heterocycles. The third kappa shape index (κ3) is 4.93. The van der Waals surface area contributed by atoms with Gasteiger partial charge in [0.15, 0.2) is 5.82 Å². The molecule has 1 aliphatic rings.